The second kappa shape index (κ2) is 6.99. The number of fused-ring (bicyclic) bond motifs is 3. The average Bonchev–Trinajstić information content (AvgIpc) is 3.11. The quantitative estimate of drug-likeness (QED) is 0.721. The SMILES string of the molecule is CN1C2CCC1CC(NC(=O)c1c(-c3ccccc3)n(C)c3c(F)cccc13)C2. The molecule has 2 fully saturated rings. The van der Waals surface area contributed by atoms with E-state index in [9.17, 15) is 9.18 Å². The van der Waals surface area contributed by atoms with Gasteiger partial charge in [0.25, 0.3) is 5.91 Å². The maximum atomic E-state index is 14.7. The lowest BCUT2D eigenvalue weighted by Gasteiger charge is -2.36. The standard InChI is InChI=1S/C24H26FN3O/c1-27-17-11-12-18(27)14-16(13-17)26-24(29)21-19-9-6-10-20(25)23(19)28(2)22(21)15-7-4-3-5-8-15/h3-10,16-18H,11-14H2,1-2H3,(H,26,29). The fraction of sp³-hybridized carbons (Fsp3) is 0.375. The molecule has 5 heteroatoms. The van der Waals surface area contributed by atoms with Crippen molar-refractivity contribution in [1.82, 2.24) is 14.8 Å². The summed E-state index contributed by atoms with van der Waals surface area (Å²) in [6.45, 7) is 0. The molecule has 0 radical (unpaired) electrons. The number of nitrogens with one attached hydrogen (secondary N) is 1. The van der Waals surface area contributed by atoms with Crippen LogP contribution in [-0.2, 0) is 7.05 Å². The summed E-state index contributed by atoms with van der Waals surface area (Å²) in [6, 6.07) is 16.0. The first-order valence-corrected chi connectivity index (χ1v) is 10.4. The van der Waals surface area contributed by atoms with Crippen molar-refractivity contribution < 1.29 is 9.18 Å². The second-order valence-electron chi connectivity index (χ2n) is 8.48. The van der Waals surface area contributed by atoms with Crippen molar-refractivity contribution in [2.24, 2.45) is 7.05 Å². The predicted molar refractivity (Wildman–Crippen MR) is 113 cm³/mol. The van der Waals surface area contributed by atoms with Crippen LogP contribution in [0.4, 0.5) is 4.39 Å². The normalized spacial score (nSPS) is 24.2. The third-order valence-corrected chi connectivity index (χ3v) is 6.87. The number of amides is 1. The van der Waals surface area contributed by atoms with Crippen LogP contribution in [0.2, 0.25) is 0 Å². The van der Waals surface area contributed by atoms with Gasteiger partial charge in [-0.1, -0.05) is 42.5 Å². The lowest BCUT2D eigenvalue weighted by Crippen LogP contribution is -2.48. The van der Waals surface area contributed by atoms with Gasteiger partial charge in [-0.2, -0.15) is 0 Å². The molecule has 3 aromatic rings. The summed E-state index contributed by atoms with van der Waals surface area (Å²) in [5, 5.41) is 3.96. The smallest absolute Gasteiger partial charge is 0.254 e. The van der Waals surface area contributed by atoms with E-state index in [-0.39, 0.29) is 17.8 Å². The number of benzene rings is 2. The highest BCUT2D eigenvalue weighted by Gasteiger charge is 2.39. The number of aromatic nitrogens is 1. The van der Waals surface area contributed by atoms with E-state index < -0.39 is 0 Å². The minimum absolute atomic E-state index is 0.103. The van der Waals surface area contributed by atoms with Crippen LogP contribution in [0.1, 0.15) is 36.0 Å². The van der Waals surface area contributed by atoms with Crippen LogP contribution in [0, 0.1) is 5.82 Å². The van der Waals surface area contributed by atoms with Gasteiger partial charge in [0.05, 0.1) is 16.8 Å². The molecule has 1 N–H and O–H groups in total. The van der Waals surface area contributed by atoms with E-state index in [1.165, 1.54) is 18.9 Å². The van der Waals surface area contributed by atoms with Gasteiger partial charge in [0.2, 0.25) is 0 Å². The first-order valence-electron chi connectivity index (χ1n) is 10.4. The Hall–Kier alpha value is -2.66. The number of rotatable bonds is 3. The van der Waals surface area contributed by atoms with E-state index in [0.717, 1.165) is 24.1 Å². The van der Waals surface area contributed by atoms with Crippen LogP contribution in [0.25, 0.3) is 22.2 Å². The van der Waals surface area contributed by atoms with Crippen molar-refractivity contribution in [3.63, 3.8) is 0 Å². The van der Waals surface area contributed by atoms with E-state index in [0.29, 0.717) is 28.6 Å². The van der Waals surface area contributed by atoms with Gasteiger partial charge in [-0.05, 0) is 44.4 Å². The monoisotopic (exact) mass is 391 g/mol. The zero-order valence-corrected chi connectivity index (χ0v) is 16.9. The van der Waals surface area contributed by atoms with E-state index in [1.807, 2.05) is 48.0 Å². The van der Waals surface area contributed by atoms with Gasteiger partial charge in [0.15, 0.2) is 0 Å². The molecule has 2 atom stereocenters. The highest BCUT2D eigenvalue weighted by atomic mass is 19.1. The molecule has 2 bridgehead atoms. The summed E-state index contributed by atoms with van der Waals surface area (Å²) >= 11 is 0. The first kappa shape index (κ1) is 18.4. The Bertz CT molecular complexity index is 1060. The van der Waals surface area contributed by atoms with Crippen LogP contribution >= 0.6 is 0 Å². The largest absolute Gasteiger partial charge is 0.349 e. The van der Waals surface area contributed by atoms with Gasteiger partial charge in [0, 0.05) is 30.6 Å². The van der Waals surface area contributed by atoms with Gasteiger partial charge in [0.1, 0.15) is 5.82 Å². The first-order chi connectivity index (χ1) is 14.0. The van der Waals surface area contributed by atoms with Gasteiger partial charge in [-0.15, -0.1) is 0 Å². The number of nitrogens with zero attached hydrogens (tertiary/aromatic N) is 2. The molecule has 3 heterocycles. The number of halogens is 1. The molecule has 2 aromatic carbocycles. The summed E-state index contributed by atoms with van der Waals surface area (Å²) in [4.78, 5) is 16.0. The molecule has 1 amide bonds. The molecule has 2 aliphatic heterocycles. The van der Waals surface area contributed by atoms with Crippen LogP contribution in [0.5, 0.6) is 0 Å². The molecule has 2 unspecified atom stereocenters. The molecular weight excluding hydrogens is 365 g/mol. The Labute approximate surface area is 170 Å². The van der Waals surface area contributed by atoms with Crippen molar-refractivity contribution in [1.29, 1.82) is 0 Å². The number of para-hydroxylation sites is 1. The van der Waals surface area contributed by atoms with Crippen LogP contribution in [0.15, 0.2) is 48.5 Å². The minimum atomic E-state index is -0.307. The Morgan fingerprint density at radius 1 is 1.00 bits per heavy atom. The number of hydrogen-bond acceptors (Lipinski definition) is 2. The number of piperidine rings is 1. The fourth-order valence-corrected chi connectivity index (χ4v) is 5.42. The Morgan fingerprint density at radius 3 is 2.38 bits per heavy atom. The van der Waals surface area contributed by atoms with E-state index in [2.05, 4.69) is 17.3 Å². The Balaban J connectivity index is 1.57. The number of carbonyl (C=O) groups excluding carboxylic acids is 1. The molecule has 150 valence electrons. The highest BCUT2D eigenvalue weighted by molar-refractivity contribution is 6.13. The summed E-state index contributed by atoms with van der Waals surface area (Å²) in [7, 11) is 4.03. The molecule has 1 aromatic heterocycles. The van der Waals surface area contributed by atoms with Crippen LogP contribution < -0.4 is 5.32 Å². The third-order valence-electron chi connectivity index (χ3n) is 6.87. The Morgan fingerprint density at radius 2 is 1.69 bits per heavy atom. The van der Waals surface area contributed by atoms with Crippen molar-refractivity contribution in [2.75, 3.05) is 7.05 Å². The minimum Gasteiger partial charge on any atom is -0.349 e. The third kappa shape index (κ3) is 2.96. The van der Waals surface area contributed by atoms with Gasteiger partial charge in [-0.3, -0.25) is 4.79 Å². The predicted octanol–water partition coefficient (Wildman–Crippen LogP) is 4.34. The molecule has 0 saturated carbocycles. The summed E-state index contributed by atoms with van der Waals surface area (Å²) in [5.74, 6) is -0.410. The summed E-state index contributed by atoms with van der Waals surface area (Å²) < 4.78 is 16.5. The molecule has 0 spiro atoms. The summed E-state index contributed by atoms with van der Waals surface area (Å²) in [5.41, 5.74) is 2.72. The lowest BCUT2D eigenvalue weighted by atomic mass is 9.97. The van der Waals surface area contributed by atoms with Crippen molar-refractivity contribution in [3.8, 4) is 11.3 Å². The Kier molecular flexibility index (Phi) is 4.43. The second-order valence-corrected chi connectivity index (χ2v) is 8.48. The van der Waals surface area contributed by atoms with Crippen molar-refractivity contribution in [2.45, 2.75) is 43.8 Å². The maximum Gasteiger partial charge on any atom is 0.254 e. The molecule has 2 aliphatic rings. The fourth-order valence-electron chi connectivity index (χ4n) is 5.42. The van der Waals surface area contributed by atoms with Crippen molar-refractivity contribution in [3.05, 3.63) is 59.9 Å². The van der Waals surface area contributed by atoms with Gasteiger partial charge < -0.3 is 14.8 Å². The number of carbonyl (C=O) groups is 1. The molecule has 29 heavy (non-hydrogen) atoms. The van der Waals surface area contributed by atoms with Crippen LogP contribution in [-0.4, -0.2) is 40.5 Å². The van der Waals surface area contributed by atoms with Crippen molar-refractivity contribution >= 4 is 16.8 Å². The van der Waals surface area contributed by atoms with Gasteiger partial charge >= 0.3 is 0 Å². The summed E-state index contributed by atoms with van der Waals surface area (Å²) in [6.07, 6.45) is 4.39. The van der Waals surface area contributed by atoms with Gasteiger partial charge in [-0.25, -0.2) is 4.39 Å². The highest BCUT2D eigenvalue weighted by Crippen LogP contribution is 2.36. The molecule has 0 aliphatic carbocycles. The lowest BCUT2D eigenvalue weighted by molar-refractivity contribution is 0.0884. The van der Waals surface area contributed by atoms with E-state index in [1.54, 1.807) is 6.07 Å². The molecule has 5 rings (SSSR count). The zero-order chi connectivity index (χ0) is 20.1. The van der Waals surface area contributed by atoms with E-state index >= 15 is 0 Å². The van der Waals surface area contributed by atoms with Crippen LogP contribution in [0.3, 0.4) is 0 Å². The molecule has 4 nitrogen and oxygen atoms in total. The number of hydrogen-bond donors (Lipinski definition) is 1. The topological polar surface area (TPSA) is 37.3 Å². The average molecular weight is 391 g/mol. The number of aryl methyl sites for hydroxylation is 1. The van der Waals surface area contributed by atoms with E-state index in [4.69, 9.17) is 0 Å². The zero-order valence-electron chi connectivity index (χ0n) is 16.9. The molecule has 2 saturated heterocycles. The molecular formula is C24H26FN3O. The maximum absolute atomic E-state index is 14.7.